The van der Waals surface area contributed by atoms with Crippen molar-refractivity contribution in [1.29, 1.82) is 0 Å². The summed E-state index contributed by atoms with van der Waals surface area (Å²) in [7, 11) is 0. The van der Waals surface area contributed by atoms with Crippen molar-refractivity contribution in [3.05, 3.63) is 22.3 Å². The minimum atomic E-state index is -1.71. The molecule has 4 heterocycles. The summed E-state index contributed by atoms with van der Waals surface area (Å²) in [4.78, 5) is 59.2. The second-order valence-corrected chi connectivity index (χ2v) is 9.30. The number of carboxylic acids is 1. The minimum Gasteiger partial charge on any atom is -0.478 e. The van der Waals surface area contributed by atoms with Gasteiger partial charge in [0, 0.05) is 16.7 Å². The zero-order chi connectivity index (χ0) is 22.5. The van der Waals surface area contributed by atoms with Crippen molar-refractivity contribution in [3.63, 3.8) is 0 Å². The number of amides is 2. The van der Waals surface area contributed by atoms with Crippen LogP contribution in [0.15, 0.2) is 21.8 Å². The van der Waals surface area contributed by atoms with Gasteiger partial charge in [0.15, 0.2) is 10.8 Å². The maximum Gasteiger partial charge on any atom is 0.355 e. The van der Waals surface area contributed by atoms with E-state index in [1.54, 1.807) is 0 Å². The molecule has 31 heavy (non-hydrogen) atoms. The molecule has 1 fully saturated rings. The summed E-state index contributed by atoms with van der Waals surface area (Å²) in [5.74, 6) is -2.59. The van der Waals surface area contributed by atoms with Crippen LogP contribution in [-0.2, 0) is 28.8 Å². The molecule has 164 valence electrons. The van der Waals surface area contributed by atoms with E-state index in [1.165, 1.54) is 35.9 Å². The van der Waals surface area contributed by atoms with Crippen LogP contribution in [0.3, 0.4) is 0 Å². The number of carbonyl (C=O) groups is 4. The van der Waals surface area contributed by atoms with Crippen LogP contribution in [0.2, 0.25) is 0 Å². The van der Waals surface area contributed by atoms with E-state index in [9.17, 15) is 24.3 Å². The normalized spacial score (nSPS) is 23.0. The van der Waals surface area contributed by atoms with Crippen LogP contribution in [0.25, 0.3) is 0 Å². The number of aliphatic carboxylic acids is 1. The zero-order valence-electron chi connectivity index (χ0n) is 16.3. The molecule has 0 bridgehead atoms. The van der Waals surface area contributed by atoms with Gasteiger partial charge in [0.1, 0.15) is 29.4 Å². The van der Waals surface area contributed by atoms with E-state index in [-0.39, 0.29) is 28.8 Å². The quantitative estimate of drug-likeness (QED) is 0.215. The van der Waals surface area contributed by atoms with Crippen molar-refractivity contribution in [1.82, 2.24) is 15.2 Å². The Bertz CT molecular complexity index is 1060. The molecular formula is C17H17N5O7S2. The minimum absolute atomic E-state index is 0.0745. The summed E-state index contributed by atoms with van der Waals surface area (Å²) in [5.41, 5.74) is 4.66. The number of hydrogen-bond acceptors (Lipinski definition) is 11. The molecule has 0 spiro atoms. The van der Waals surface area contributed by atoms with Crippen LogP contribution in [0.4, 0.5) is 5.13 Å². The first-order valence-electron chi connectivity index (χ1n) is 8.96. The third-order valence-corrected chi connectivity index (χ3v) is 6.78. The number of thiazole rings is 1. The number of aromatic nitrogens is 1. The number of hydrogen-bond donors (Lipinski definition) is 3. The van der Waals surface area contributed by atoms with E-state index >= 15 is 0 Å². The fourth-order valence-electron chi connectivity index (χ4n) is 3.01. The van der Waals surface area contributed by atoms with E-state index in [1.807, 2.05) is 0 Å². The van der Waals surface area contributed by atoms with Crippen molar-refractivity contribution >= 4 is 57.7 Å². The van der Waals surface area contributed by atoms with Gasteiger partial charge in [-0.15, -0.1) is 23.1 Å². The lowest BCUT2D eigenvalue weighted by Crippen LogP contribution is -2.70. The second kappa shape index (κ2) is 7.53. The number of nitrogens with two attached hydrogens (primary N) is 1. The van der Waals surface area contributed by atoms with Crippen LogP contribution in [0.1, 0.15) is 19.5 Å². The number of fused-ring (bicyclic) bond motifs is 2. The molecule has 12 nitrogen and oxygen atoms in total. The van der Waals surface area contributed by atoms with Gasteiger partial charge in [-0.1, -0.05) is 5.16 Å². The summed E-state index contributed by atoms with van der Waals surface area (Å²) in [6.45, 7) is 2.69. The number of nitrogens with one attached hydrogen (secondary N) is 1. The number of oxime groups is 1. The fourth-order valence-corrected chi connectivity index (χ4v) is 4.89. The number of cyclic esters (lactones) is 1. The lowest BCUT2D eigenvalue weighted by atomic mass is 10.0. The summed E-state index contributed by atoms with van der Waals surface area (Å²) in [6, 6.07) is -0.909. The molecule has 3 aliphatic rings. The highest BCUT2D eigenvalue weighted by Crippen LogP contribution is 2.42. The first-order valence-corrected chi connectivity index (χ1v) is 10.9. The van der Waals surface area contributed by atoms with Gasteiger partial charge in [-0.05, 0) is 13.8 Å². The third kappa shape index (κ3) is 3.61. The van der Waals surface area contributed by atoms with Gasteiger partial charge < -0.3 is 25.7 Å². The molecule has 2 atom stereocenters. The molecular weight excluding hydrogens is 450 g/mol. The lowest BCUT2D eigenvalue weighted by molar-refractivity contribution is -0.161. The van der Waals surface area contributed by atoms with Crippen molar-refractivity contribution < 1.29 is 33.9 Å². The largest absolute Gasteiger partial charge is 0.478 e. The summed E-state index contributed by atoms with van der Waals surface area (Å²) in [6.07, 6.45) is 0. The molecule has 1 aromatic heterocycles. The van der Waals surface area contributed by atoms with Crippen LogP contribution >= 0.6 is 23.1 Å². The average molecular weight is 467 g/mol. The molecule has 4 rings (SSSR count). The summed E-state index contributed by atoms with van der Waals surface area (Å²) >= 11 is 2.45. The average Bonchev–Trinajstić information content (AvgIpc) is 3.30. The number of rotatable bonds is 6. The summed E-state index contributed by atoms with van der Waals surface area (Å²) < 4.78 is 4.99. The summed E-state index contributed by atoms with van der Waals surface area (Å²) in [5, 5.41) is 16.6. The predicted molar refractivity (Wildman–Crippen MR) is 109 cm³/mol. The Hall–Kier alpha value is -3.13. The highest BCUT2D eigenvalue weighted by Gasteiger charge is 2.56. The molecule has 1 saturated heterocycles. The Labute approximate surface area is 183 Å². The maximum atomic E-state index is 12.9. The number of nitrogens with zero attached hydrogens (tertiary/aromatic N) is 3. The Balaban J connectivity index is 1.54. The lowest BCUT2D eigenvalue weighted by Gasteiger charge is -2.48. The molecule has 3 aliphatic heterocycles. The van der Waals surface area contributed by atoms with Crippen LogP contribution in [0, 0.1) is 0 Å². The number of thioether (sulfide) groups is 1. The number of anilines is 1. The van der Waals surface area contributed by atoms with Gasteiger partial charge in [0.25, 0.3) is 11.8 Å². The monoisotopic (exact) mass is 467 g/mol. The van der Waals surface area contributed by atoms with Crippen molar-refractivity contribution in [2.45, 2.75) is 30.9 Å². The number of nitrogen functional groups attached to an aromatic ring is 1. The van der Waals surface area contributed by atoms with Crippen LogP contribution < -0.4 is 11.1 Å². The van der Waals surface area contributed by atoms with Crippen molar-refractivity contribution in [3.8, 4) is 0 Å². The van der Waals surface area contributed by atoms with Crippen molar-refractivity contribution in [2.75, 3.05) is 18.1 Å². The Morgan fingerprint density at radius 2 is 2.19 bits per heavy atom. The van der Waals surface area contributed by atoms with E-state index in [2.05, 4.69) is 15.5 Å². The molecule has 0 aromatic carbocycles. The first kappa shape index (κ1) is 21.1. The SMILES string of the molecule is CC(C)(O/N=C(\C(=O)N[C@@H]1C(=O)N2C3=C(COC3=O)CS[C@H]12)c1csc(N)n1)C(=O)O. The second-order valence-electron chi connectivity index (χ2n) is 7.31. The molecule has 0 aliphatic carbocycles. The van der Waals surface area contributed by atoms with Gasteiger partial charge in [-0.3, -0.25) is 14.5 Å². The van der Waals surface area contributed by atoms with Crippen LogP contribution in [0.5, 0.6) is 0 Å². The van der Waals surface area contributed by atoms with Crippen molar-refractivity contribution in [2.24, 2.45) is 5.16 Å². The van der Waals surface area contributed by atoms with E-state index in [0.29, 0.717) is 5.75 Å². The molecule has 14 heteroatoms. The number of carbonyl (C=O) groups excluding carboxylic acids is 3. The standard InChI is InChI=1S/C17H17N5O7S2/c1-17(2,15(26)27)29-21-8(7-5-31-16(18)19-7)11(23)20-9-12(24)22-10-6(3-28-14(10)25)4-30-13(9)22/h5,9,13H,3-4H2,1-2H3,(H2,18,19)(H,20,23)(H,26,27)/b21-8-/t9-,13-/m1/s1. The Kier molecular flexibility index (Phi) is 5.13. The number of β-lactam (4-membered cyclic amide) rings is 1. The third-order valence-electron chi connectivity index (χ3n) is 4.76. The Morgan fingerprint density at radius 3 is 2.84 bits per heavy atom. The maximum absolute atomic E-state index is 12.9. The van der Waals surface area contributed by atoms with Gasteiger partial charge in [0.2, 0.25) is 5.60 Å². The van der Waals surface area contributed by atoms with Gasteiger partial charge in [-0.2, -0.15) is 0 Å². The zero-order valence-corrected chi connectivity index (χ0v) is 17.9. The number of ether oxygens (including phenoxy) is 1. The number of carboxylic acid groups (broad SMARTS) is 1. The Morgan fingerprint density at radius 1 is 1.45 bits per heavy atom. The molecule has 0 unspecified atom stereocenters. The van der Waals surface area contributed by atoms with Crippen LogP contribution in [-0.4, -0.2) is 73.8 Å². The smallest absolute Gasteiger partial charge is 0.355 e. The number of esters is 1. The molecule has 2 amide bonds. The van der Waals surface area contributed by atoms with E-state index in [4.69, 9.17) is 15.3 Å². The highest BCUT2D eigenvalue weighted by molar-refractivity contribution is 8.00. The van der Waals surface area contributed by atoms with Gasteiger partial charge in [-0.25, -0.2) is 14.6 Å². The topological polar surface area (TPSA) is 174 Å². The van der Waals surface area contributed by atoms with E-state index in [0.717, 1.165) is 16.9 Å². The molecule has 0 saturated carbocycles. The predicted octanol–water partition coefficient (Wildman–Crippen LogP) is -0.480. The van der Waals surface area contributed by atoms with Gasteiger partial charge >= 0.3 is 11.9 Å². The van der Waals surface area contributed by atoms with E-state index < -0.39 is 40.8 Å². The molecule has 4 N–H and O–H groups in total. The fraction of sp³-hybridized carbons (Fsp3) is 0.412. The first-order chi connectivity index (χ1) is 14.6. The molecule has 1 aromatic rings. The highest BCUT2D eigenvalue weighted by atomic mass is 32.2. The van der Waals surface area contributed by atoms with Gasteiger partial charge in [0.05, 0.1) is 0 Å². The molecule has 0 radical (unpaired) electrons.